The first kappa shape index (κ1) is 23.3. The number of methoxy groups -OCH3 is 3. The van der Waals surface area contributed by atoms with Gasteiger partial charge in [0.25, 0.3) is 0 Å². The molecule has 0 aromatic heterocycles. The van der Waals surface area contributed by atoms with Crippen molar-refractivity contribution in [2.45, 2.75) is 41.9 Å². The monoisotopic (exact) mass is 572 g/mol. The van der Waals surface area contributed by atoms with E-state index in [0.717, 1.165) is 45.3 Å². The van der Waals surface area contributed by atoms with Crippen LogP contribution in [-0.4, -0.2) is 59.4 Å². The summed E-state index contributed by atoms with van der Waals surface area (Å²) in [5.74, 6) is 4.52. The molecule has 0 bridgehead atoms. The molecule has 7 heteroatoms. The van der Waals surface area contributed by atoms with Gasteiger partial charge in [0.2, 0.25) is 0 Å². The normalized spacial score (nSPS) is 20.2. The quantitative estimate of drug-likeness (QED) is 0.452. The molecular weight excluding hydrogens is 539 g/mol. The number of hydrogen-bond donors (Lipinski definition) is 0. The molecule has 3 aliphatic rings. The Morgan fingerprint density at radius 3 is 2.41 bits per heavy atom. The van der Waals surface area contributed by atoms with Gasteiger partial charge in [-0.15, -0.1) is 0 Å². The van der Waals surface area contributed by atoms with Crippen LogP contribution in [0.25, 0.3) is 14.9 Å². The van der Waals surface area contributed by atoms with Gasteiger partial charge in [0.1, 0.15) is 0 Å². The van der Waals surface area contributed by atoms with E-state index >= 15 is 0 Å². The van der Waals surface area contributed by atoms with Crippen LogP contribution < -0.4 is 23.7 Å². The fraction of sp³-hybridized carbons (Fsp3) is 0.407. The Labute approximate surface area is 208 Å². The molecule has 0 radical (unpaired) electrons. The summed E-state index contributed by atoms with van der Waals surface area (Å²) in [6, 6.07) is 7.92. The fourth-order valence-electron chi connectivity index (χ4n) is 5.07. The molecule has 0 aliphatic carbocycles. The zero-order valence-corrected chi connectivity index (χ0v) is 24.2. The van der Waals surface area contributed by atoms with Crippen molar-refractivity contribution in [3.05, 3.63) is 47.0 Å². The minimum atomic E-state index is -1.98. The van der Waals surface area contributed by atoms with Crippen molar-refractivity contribution in [1.29, 1.82) is 0 Å². The third kappa shape index (κ3) is 3.61. The summed E-state index contributed by atoms with van der Waals surface area (Å²) in [7, 11) is 4.97. The van der Waals surface area contributed by atoms with Crippen LogP contribution in [0, 0.1) is 0 Å². The zero-order valence-electron chi connectivity index (χ0n) is 20.9. The Hall–Kier alpha value is -2.48. The molecule has 3 aliphatic heterocycles. The molecule has 2 atom stereocenters. The second-order valence-corrected chi connectivity index (χ2v) is 18.7. The van der Waals surface area contributed by atoms with E-state index in [-0.39, 0.29) is 11.7 Å². The van der Waals surface area contributed by atoms with Crippen LogP contribution in [0.1, 0.15) is 37.5 Å². The number of rotatable bonds is 5. The summed E-state index contributed by atoms with van der Waals surface area (Å²) in [5.41, 5.74) is 3.57. The van der Waals surface area contributed by atoms with E-state index in [1.165, 1.54) is 8.03 Å². The maximum absolute atomic E-state index is 6.72. The molecule has 6 nitrogen and oxygen atoms in total. The van der Waals surface area contributed by atoms with E-state index in [1.807, 2.05) is 12.1 Å². The summed E-state index contributed by atoms with van der Waals surface area (Å²) < 4.78 is 39.0. The average Bonchev–Trinajstić information content (AvgIpc) is 2.84. The summed E-state index contributed by atoms with van der Waals surface area (Å²) in [5, 5.41) is 0. The summed E-state index contributed by atoms with van der Waals surface area (Å²) in [6.45, 7) is 6.92. The van der Waals surface area contributed by atoms with E-state index in [1.54, 1.807) is 21.3 Å². The van der Waals surface area contributed by atoms with Crippen LogP contribution in [-0.2, 0) is 4.74 Å². The summed E-state index contributed by atoms with van der Waals surface area (Å²) >= 11 is -1.98. The molecular formula is C27H32O6Sn. The van der Waals surface area contributed by atoms with Crippen molar-refractivity contribution in [2.24, 2.45) is 0 Å². The number of ether oxygens (including phenoxy) is 6. The van der Waals surface area contributed by atoms with E-state index in [0.29, 0.717) is 18.1 Å². The van der Waals surface area contributed by atoms with Crippen LogP contribution in [0.4, 0.5) is 0 Å². The molecule has 5 rings (SSSR count). The van der Waals surface area contributed by atoms with Crippen LogP contribution in [0.2, 0.25) is 9.38 Å². The molecule has 2 aromatic carbocycles. The van der Waals surface area contributed by atoms with Crippen molar-refractivity contribution >= 4 is 34.7 Å². The first-order chi connectivity index (χ1) is 16.3. The van der Waals surface area contributed by atoms with E-state index in [4.69, 9.17) is 28.4 Å². The molecule has 1 unspecified atom stereocenters. The SMILES string of the molecule is C[CH2][SnH]([CH3])[C]1=CC(C)(C)Oc2ccc3c(c21)O[C@@H]1COc2cc(OC)c(OC)cc2C1=C3OC. The van der Waals surface area contributed by atoms with Gasteiger partial charge in [-0.25, -0.2) is 0 Å². The Bertz CT molecular complexity index is 1210. The summed E-state index contributed by atoms with van der Waals surface area (Å²) in [6.07, 6.45) is 2.02. The van der Waals surface area contributed by atoms with Crippen LogP contribution in [0.3, 0.4) is 0 Å². The molecule has 34 heavy (non-hydrogen) atoms. The standard InChI is InChI=1S/C24H23O6.C2H5.CH3.Sn.H/c1-24(2)9-8-13-16(30-24)7-6-14-22(13)29-20-12-28-17-11-19(26-4)18(25-3)10-15(17)21(20)23(14)27-5;1-2;;;/h6-7,9-11,20H,12H2,1-5H3;1H2,2H3;1H3;;/t20-;;;;/m1..../s1. The Morgan fingerprint density at radius 2 is 1.74 bits per heavy atom. The number of hydrogen-bond acceptors (Lipinski definition) is 6. The van der Waals surface area contributed by atoms with Gasteiger partial charge in [0.05, 0.1) is 0 Å². The topological polar surface area (TPSA) is 55.4 Å². The number of fused-ring (bicyclic) bond motifs is 6. The Balaban J connectivity index is 1.74. The van der Waals surface area contributed by atoms with Gasteiger partial charge < -0.3 is 0 Å². The predicted octanol–water partition coefficient (Wildman–Crippen LogP) is 5.34. The molecule has 180 valence electrons. The maximum atomic E-state index is 6.72. The summed E-state index contributed by atoms with van der Waals surface area (Å²) in [4.78, 5) is 2.46. The third-order valence-electron chi connectivity index (χ3n) is 6.87. The number of benzene rings is 2. The molecule has 3 heterocycles. The second kappa shape index (κ2) is 8.63. The Morgan fingerprint density at radius 1 is 1.00 bits per heavy atom. The molecule has 2 aromatic rings. The van der Waals surface area contributed by atoms with Gasteiger partial charge in [0.15, 0.2) is 0 Å². The third-order valence-corrected chi connectivity index (χ3v) is 14.7. The van der Waals surface area contributed by atoms with Gasteiger partial charge >= 0.3 is 209 Å². The predicted molar refractivity (Wildman–Crippen MR) is 136 cm³/mol. The van der Waals surface area contributed by atoms with E-state index in [2.05, 4.69) is 43.9 Å². The van der Waals surface area contributed by atoms with Crippen molar-refractivity contribution in [1.82, 2.24) is 0 Å². The van der Waals surface area contributed by atoms with Crippen molar-refractivity contribution in [3.8, 4) is 28.7 Å². The van der Waals surface area contributed by atoms with Crippen LogP contribution in [0.5, 0.6) is 28.7 Å². The van der Waals surface area contributed by atoms with E-state index in [9.17, 15) is 0 Å². The first-order valence-corrected chi connectivity index (χ1v) is 19.0. The van der Waals surface area contributed by atoms with Crippen molar-refractivity contribution in [2.75, 3.05) is 27.9 Å². The molecule has 0 N–H and O–H groups in total. The zero-order chi connectivity index (χ0) is 24.2. The van der Waals surface area contributed by atoms with Gasteiger partial charge in [-0.2, -0.15) is 0 Å². The van der Waals surface area contributed by atoms with Gasteiger partial charge in [-0.1, -0.05) is 0 Å². The minimum absolute atomic E-state index is 0.303. The molecule has 0 saturated heterocycles. The van der Waals surface area contributed by atoms with Crippen molar-refractivity contribution in [3.63, 3.8) is 0 Å². The average molecular weight is 571 g/mol. The first-order valence-electron chi connectivity index (χ1n) is 11.7. The van der Waals surface area contributed by atoms with Gasteiger partial charge in [-0.3, -0.25) is 0 Å². The molecule has 0 saturated carbocycles. The molecule has 0 amide bonds. The van der Waals surface area contributed by atoms with E-state index < -0.39 is 19.8 Å². The van der Waals surface area contributed by atoms with Crippen molar-refractivity contribution < 1.29 is 28.4 Å². The van der Waals surface area contributed by atoms with Gasteiger partial charge in [0, 0.05) is 0 Å². The van der Waals surface area contributed by atoms with Crippen LogP contribution >= 0.6 is 0 Å². The fourth-order valence-corrected chi connectivity index (χ4v) is 10.5. The van der Waals surface area contributed by atoms with Crippen LogP contribution in [0.15, 0.2) is 30.3 Å². The molecule has 0 fully saturated rings. The second-order valence-electron chi connectivity index (χ2n) is 9.50. The van der Waals surface area contributed by atoms with Gasteiger partial charge in [-0.05, 0) is 0 Å². The molecule has 0 spiro atoms. The Kier molecular flexibility index (Phi) is 5.90.